The molecule has 0 bridgehead atoms. The first kappa shape index (κ1) is 31.8. The van der Waals surface area contributed by atoms with Gasteiger partial charge in [0.2, 0.25) is 23.6 Å². The van der Waals surface area contributed by atoms with Crippen LogP contribution in [0.2, 0.25) is 0 Å². The largest absolute Gasteiger partial charge is 0.352 e. The van der Waals surface area contributed by atoms with Crippen molar-refractivity contribution in [2.75, 3.05) is 13.1 Å². The number of likely N-dealkylation sites (tertiary alicyclic amines) is 1. The van der Waals surface area contributed by atoms with Crippen LogP contribution in [0.5, 0.6) is 0 Å². The fraction of sp³-hybridized carbons (Fsp3) is 0.692. The molecule has 208 valence electrons. The molecule has 6 amide bonds. The predicted molar refractivity (Wildman–Crippen MR) is 139 cm³/mol. The van der Waals surface area contributed by atoms with Crippen LogP contribution < -0.4 is 21.7 Å². The molecule has 1 aliphatic heterocycles. The summed E-state index contributed by atoms with van der Waals surface area (Å²) in [6.07, 6.45) is 4.41. The van der Waals surface area contributed by atoms with Crippen LogP contribution in [0.1, 0.15) is 72.6 Å². The summed E-state index contributed by atoms with van der Waals surface area (Å²) in [6.45, 7) is 11.3. The Morgan fingerprint density at radius 2 is 1.73 bits per heavy atom. The number of carbonyl (C=O) groups is 6. The van der Waals surface area contributed by atoms with E-state index in [0.29, 0.717) is 38.6 Å². The molecule has 0 aromatic rings. The fourth-order valence-electron chi connectivity index (χ4n) is 4.11. The van der Waals surface area contributed by atoms with Crippen LogP contribution in [0, 0.1) is 17.8 Å². The van der Waals surface area contributed by atoms with Gasteiger partial charge in [0, 0.05) is 31.8 Å². The van der Waals surface area contributed by atoms with Crippen molar-refractivity contribution >= 4 is 35.4 Å². The van der Waals surface area contributed by atoms with Gasteiger partial charge in [-0.15, -0.1) is 6.58 Å². The van der Waals surface area contributed by atoms with Crippen molar-refractivity contribution < 1.29 is 28.8 Å². The number of ketones is 1. The molecule has 3 atom stereocenters. The molecule has 0 radical (unpaired) electrons. The lowest BCUT2D eigenvalue weighted by Crippen LogP contribution is -2.54. The Hall–Kier alpha value is -3.24. The van der Waals surface area contributed by atoms with Gasteiger partial charge in [0.15, 0.2) is 5.78 Å². The van der Waals surface area contributed by atoms with Crippen LogP contribution in [0.25, 0.3) is 0 Å². The number of nitrogens with zero attached hydrogens (tertiary/aromatic N) is 1. The van der Waals surface area contributed by atoms with Crippen molar-refractivity contribution in [3.05, 3.63) is 12.7 Å². The zero-order valence-corrected chi connectivity index (χ0v) is 22.5. The fourth-order valence-corrected chi connectivity index (χ4v) is 4.11. The van der Waals surface area contributed by atoms with E-state index in [4.69, 9.17) is 5.73 Å². The van der Waals surface area contributed by atoms with Crippen molar-refractivity contribution in [3.8, 4) is 0 Å². The van der Waals surface area contributed by atoms with Gasteiger partial charge in [-0.05, 0) is 31.6 Å². The van der Waals surface area contributed by atoms with Crippen LogP contribution in [0.4, 0.5) is 4.79 Å². The summed E-state index contributed by atoms with van der Waals surface area (Å²) in [5, 5.41) is 8.00. The van der Waals surface area contributed by atoms with E-state index in [1.807, 2.05) is 0 Å². The van der Waals surface area contributed by atoms with Crippen molar-refractivity contribution in [1.29, 1.82) is 0 Å². The average Bonchev–Trinajstić information content (AvgIpc) is 3.10. The number of unbranched alkanes of at least 4 members (excludes halogenated alkanes) is 2. The summed E-state index contributed by atoms with van der Waals surface area (Å²) in [4.78, 5) is 74.3. The Bertz CT molecular complexity index is 856. The number of hydrogen-bond acceptors (Lipinski definition) is 6. The van der Waals surface area contributed by atoms with Crippen LogP contribution >= 0.6 is 0 Å². The summed E-state index contributed by atoms with van der Waals surface area (Å²) in [6, 6.07) is -2.20. The minimum atomic E-state index is -0.811. The third kappa shape index (κ3) is 10.7. The molecule has 37 heavy (non-hydrogen) atoms. The molecular formula is C26H43N5O6. The number of Topliss-reactive ketones (excluding diaryl/α,β-unsaturated/α-hetero) is 1. The maximum absolute atomic E-state index is 13.0. The molecule has 1 heterocycles. The molecular weight excluding hydrogens is 478 g/mol. The monoisotopic (exact) mass is 521 g/mol. The minimum absolute atomic E-state index is 0.129. The smallest absolute Gasteiger partial charge is 0.312 e. The Balaban J connectivity index is 2.54. The number of primary amides is 1. The predicted octanol–water partition coefficient (Wildman–Crippen LogP) is 1.41. The second kappa shape index (κ2) is 15.8. The van der Waals surface area contributed by atoms with E-state index in [0.717, 1.165) is 0 Å². The molecule has 1 rings (SSSR count). The maximum atomic E-state index is 13.0. The summed E-state index contributed by atoms with van der Waals surface area (Å²) in [5.41, 5.74) is 5.06. The Kier molecular flexibility index (Phi) is 13.6. The van der Waals surface area contributed by atoms with Crippen LogP contribution in [0.15, 0.2) is 12.7 Å². The quantitative estimate of drug-likeness (QED) is 0.128. The van der Waals surface area contributed by atoms with Gasteiger partial charge in [-0.2, -0.15) is 0 Å². The molecule has 11 nitrogen and oxygen atoms in total. The Labute approximate surface area is 219 Å². The highest BCUT2D eigenvalue weighted by molar-refractivity contribution is 6.04. The Morgan fingerprint density at radius 1 is 1.05 bits per heavy atom. The van der Waals surface area contributed by atoms with Gasteiger partial charge in [0.1, 0.15) is 6.04 Å². The van der Waals surface area contributed by atoms with E-state index >= 15 is 0 Å². The number of hydrogen-bond donors (Lipinski definition) is 4. The average molecular weight is 522 g/mol. The van der Waals surface area contributed by atoms with Crippen LogP contribution in [0.3, 0.4) is 0 Å². The van der Waals surface area contributed by atoms with Crippen LogP contribution in [-0.4, -0.2) is 65.5 Å². The minimum Gasteiger partial charge on any atom is -0.352 e. The molecule has 0 saturated carbocycles. The lowest BCUT2D eigenvalue weighted by atomic mass is 9.96. The van der Waals surface area contributed by atoms with Gasteiger partial charge in [-0.3, -0.25) is 28.9 Å². The maximum Gasteiger partial charge on any atom is 0.312 e. The first-order valence-corrected chi connectivity index (χ1v) is 13.0. The molecule has 11 heteroatoms. The van der Waals surface area contributed by atoms with E-state index < -0.39 is 29.9 Å². The van der Waals surface area contributed by atoms with Gasteiger partial charge >= 0.3 is 6.03 Å². The normalized spacial score (nSPS) is 17.0. The number of amides is 6. The Morgan fingerprint density at radius 3 is 2.27 bits per heavy atom. The van der Waals surface area contributed by atoms with Crippen molar-refractivity contribution in [3.63, 3.8) is 0 Å². The highest BCUT2D eigenvalue weighted by Gasteiger charge is 2.36. The number of urea groups is 1. The molecule has 0 aliphatic carbocycles. The summed E-state index contributed by atoms with van der Waals surface area (Å²) in [7, 11) is 0. The van der Waals surface area contributed by atoms with Crippen molar-refractivity contribution in [2.24, 2.45) is 23.5 Å². The van der Waals surface area contributed by atoms with Crippen LogP contribution in [-0.2, 0) is 24.0 Å². The van der Waals surface area contributed by atoms with Gasteiger partial charge in [-0.1, -0.05) is 40.2 Å². The third-order valence-electron chi connectivity index (χ3n) is 6.31. The first-order chi connectivity index (χ1) is 17.4. The molecule has 0 aromatic carbocycles. The zero-order valence-electron chi connectivity index (χ0n) is 22.5. The SMILES string of the molecule is C=CC1CC(=O)N(CCCCCC(=O)N[C@H](C(=O)N[C@@H](CCCNC(N)=O)C(=O)C(C)C)C(C)C)C1=O. The van der Waals surface area contributed by atoms with E-state index in [9.17, 15) is 28.8 Å². The number of nitrogens with one attached hydrogen (secondary N) is 3. The van der Waals surface area contributed by atoms with E-state index in [1.165, 1.54) is 11.0 Å². The van der Waals surface area contributed by atoms with Gasteiger partial charge in [-0.25, -0.2) is 4.79 Å². The summed E-state index contributed by atoms with van der Waals surface area (Å²) in [5.74, 6) is -2.22. The summed E-state index contributed by atoms with van der Waals surface area (Å²) < 4.78 is 0. The highest BCUT2D eigenvalue weighted by atomic mass is 16.2. The standard InChI is InChI=1S/C26H43N5O6/c1-6-18-15-21(33)31(25(18)36)14-9-7-8-12-20(32)30-22(16(2)3)24(35)29-19(23(34)17(4)5)11-10-13-28-26(27)37/h6,16-19,22H,1,7-15H2,2-5H3,(H,29,35)(H,30,32)(H3,27,28,37)/t18?,19-,22-/m0/s1. The van der Waals surface area contributed by atoms with Crippen molar-refractivity contribution in [2.45, 2.75) is 84.7 Å². The summed E-state index contributed by atoms with van der Waals surface area (Å²) >= 11 is 0. The number of carbonyl (C=O) groups excluding carboxylic acids is 6. The third-order valence-corrected chi connectivity index (χ3v) is 6.31. The van der Waals surface area contributed by atoms with Crippen molar-refractivity contribution in [1.82, 2.24) is 20.9 Å². The first-order valence-electron chi connectivity index (χ1n) is 13.0. The van der Waals surface area contributed by atoms with Gasteiger partial charge < -0.3 is 21.7 Å². The zero-order chi connectivity index (χ0) is 28.1. The van der Waals surface area contributed by atoms with E-state index in [2.05, 4.69) is 22.5 Å². The highest BCUT2D eigenvalue weighted by Crippen LogP contribution is 2.21. The lowest BCUT2D eigenvalue weighted by Gasteiger charge is -2.26. The number of nitrogens with two attached hydrogens (primary N) is 1. The second-order valence-corrected chi connectivity index (χ2v) is 10.1. The number of rotatable bonds is 17. The molecule has 1 aliphatic rings. The molecule has 1 saturated heterocycles. The van der Waals surface area contributed by atoms with E-state index in [1.54, 1.807) is 27.7 Å². The lowest BCUT2D eigenvalue weighted by molar-refractivity contribution is -0.139. The van der Waals surface area contributed by atoms with E-state index in [-0.39, 0.29) is 54.7 Å². The van der Waals surface area contributed by atoms with Gasteiger partial charge in [0.25, 0.3) is 0 Å². The molecule has 1 unspecified atom stereocenters. The molecule has 5 N–H and O–H groups in total. The second-order valence-electron chi connectivity index (χ2n) is 10.1. The molecule has 0 aromatic heterocycles. The molecule has 1 fully saturated rings. The van der Waals surface area contributed by atoms with Gasteiger partial charge in [0.05, 0.1) is 12.0 Å². The topological polar surface area (TPSA) is 168 Å². The number of imide groups is 1. The molecule has 0 spiro atoms.